The molecule has 0 amide bonds. The van der Waals surface area contributed by atoms with Gasteiger partial charge in [-0.25, -0.2) is 0 Å². The highest BCUT2D eigenvalue weighted by Gasteiger charge is 2.12. The third kappa shape index (κ3) is 3.49. The number of halogens is 1. The summed E-state index contributed by atoms with van der Waals surface area (Å²) < 4.78 is 0. The summed E-state index contributed by atoms with van der Waals surface area (Å²) in [5, 5.41) is 18.0. The van der Waals surface area contributed by atoms with Crippen molar-refractivity contribution < 1.29 is 5.11 Å². The quantitative estimate of drug-likeness (QED) is 0.562. The summed E-state index contributed by atoms with van der Waals surface area (Å²) in [5.74, 6) is 0.102. The summed E-state index contributed by atoms with van der Waals surface area (Å²) in [5.41, 5.74) is 4.11. The lowest BCUT2D eigenvalue weighted by Gasteiger charge is -2.03. The molecule has 3 nitrogen and oxygen atoms in total. The van der Waals surface area contributed by atoms with Gasteiger partial charge in [-0.1, -0.05) is 55.0 Å². The van der Waals surface area contributed by atoms with E-state index in [9.17, 15) is 5.11 Å². The van der Waals surface area contributed by atoms with Crippen LogP contribution in [0.2, 0.25) is 5.02 Å². The number of aliphatic hydroxyl groups excluding tert-OH is 1. The number of allylic oxidation sites excluding steroid dienone is 4. The first kappa shape index (κ1) is 16.1. The fourth-order valence-corrected chi connectivity index (χ4v) is 2.25. The first-order valence-electron chi connectivity index (χ1n) is 7.10. The number of H-pyrrole nitrogens is 1. The Hall–Kier alpha value is -2.26. The van der Waals surface area contributed by atoms with Crippen molar-refractivity contribution in [3.63, 3.8) is 0 Å². The highest BCUT2D eigenvalue weighted by molar-refractivity contribution is 6.33. The van der Waals surface area contributed by atoms with Gasteiger partial charge >= 0.3 is 0 Å². The average Bonchev–Trinajstić information content (AvgIpc) is 3.01. The van der Waals surface area contributed by atoms with Gasteiger partial charge in [0.1, 0.15) is 5.76 Å². The molecule has 4 heteroatoms. The zero-order chi connectivity index (χ0) is 16.1. The molecule has 0 saturated heterocycles. The molecule has 2 aromatic rings. The van der Waals surface area contributed by atoms with Crippen LogP contribution in [0.5, 0.6) is 0 Å². The van der Waals surface area contributed by atoms with E-state index in [1.807, 2.05) is 43.3 Å². The highest BCUT2D eigenvalue weighted by atomic mass is 35.5. The van der Waals surface area contributed by atoms with Gasteiger partial charge in [-0.3, -0.25) is 5.10 Å². The SMILES string of the molecule is C=C/C(O)=C(\C=C(\C)CC)c1cc(-c2ccccc2Cl)[nH]n1. The molecule has 0 atom stereocenters. The lowest BCUT2D eigenvalue weighted by molar-refractivity contribution is 0.435. The number of aromatic nitrogens is 2. The minimum atomic E-state index is 0.102. The van der Waals surface area contributed by atoms with Crippen LogP contribution in [-0.4, -0.2) is 15.3 Å². The molecular weight excluding hydrogens is 296 g/mol. The Morgan fingerprint density at radius 2 is 2.14 bits per heavy atom. The van der Waals surface area contributed by atoms with Crippen LogP contribution in [0.25, 0.3) is 16.8 Å². The Kier molecular flexibility index (Phi) is 5.23. The molecule has 0 aliphatic rings. The number of hydrogen-bond acceptors (Lipinski definition) is 2. The Balaban J connectivity index is 2.49. The van der Waals surface area contributed by atoms with Crippen LogP contribution in [0.15, 0.2) is 60.4 Å². The van der Waals surface area contributed by atoms with Gasteiger partial charge in [0.05, 0.1) is 11.4 Å². The second-order valence-corrected chi connectivity index (χ2v) is 5.40. The Bertz CT molecular complexity index is 741. The zero-order valence-electron chi connectivity index (χ0n) is 12.7. The van der Waals surface area contributed by atoms with Crippen LogP contribution >= 0.6 is 11.6 Å². The van der Waals surface area contributed by atoms with E-state index in [0.717, 1.165) is 23.3 Å². The number of aromatic amines is 1. The first-order valence-corrected chi connectivity index (χ1v) is 7.48. The van der Waals surface area contributed by atoms with Crippen molar-refractivity contribution in [1.29, 1.82) is 0 Å². The topological polar surface area (TPSA) is 48.9 Å². The van der Waals surface area contributed by atoms with Crippen LogP contribution < -0.4 is 0 Å². The number of aliphatic hydroxyl groups is 1. The predicted molar refractivity (Wildman–Crippen MR) is 92.8 cm³/mol. The molecule has 0 radical (unpaired) electrons. The summed E-state index contributed by atoms with van der Waals surface area (Å²) >= 11 is 6.21. The van der Waals surface area contributed by atoms with Gasteiger partial charge in [-0.2, -0.15) is 5.10 Å². The Morgan fingerprint density at radius 3 is 2.77 bits per heavy atom. The molecule has 0 unspecified atom stereocenters. The van der Waals surface area contributed by atoms with Gasteiger partial charge in [-0.15, -0.1) is 0 Å². The van der Waals surface area contributed by atoms with Crippen LogP contribution in [0.4, 0.5) is 0 Å². The van der Waals surface area contributed by atoms with Gasteiger partial charge in [0, 0.05) is 16.2 Å². The van der Waals surface area contributed by atoms with E-state index in [1.165, 1.54) is 6.08 Å². The van der Waals surface area contributed by atoms with Crippen molar-refractivity contribution in [3.05, 3.63) is 71.1 Å². The van der Waals surface area contributed by atoms with Crippen molar-refractivity contribution in [1.82, 2.24) is 10.2 Å². The predicted octanol–water partition coefficient (Wildman–Crippen LogP) is 5.54. The summed E-state index contributed by atoms with van der Waals surface area (Å²) in [4.78, 5) is 0. The Morgan fingerprint density at radius 1 is 1.41 bits per heavy atom. The van der Waals surface area contributed by atoms with Crippen molar-refractivity contribution in [3.8, 4) is 11.3 Å². The fraction of sp³-hybridized carbons (Fsp3) is 0.167. The van der Waals surface area contributed by atoms with Crippen molar-refractivity contribution in [2.24, 2.45) is 0 Å². The molecule has 0 fully saturated rings. The minimum absolute atomic E-state index is 0.102. The summed E-state index contributed by atoms with van der Waals surface area (Å²) in [6.07, 6.45) is 4.23. The summed E-state index contributed by atoms with van der Waals surface area (Å²) in [6.45, 7) is 7.70. The maximum atomic E-state index is 10.1. The standard InChI is InChI=1S/C18H19ClN2O/c1-4-12(3)10-14(18(22)5-2)17-11-16(20-21-17)13-8-6-7-9-15(13)19/h5-11,22H,2,4H2,1,3H3,(H,20,21)/b12-10-,18-14-. The molecule has 2 N–H and O–H groups in total. The van der Waals surface area contributed by atoms with Gasteiger partial charge in [0.15, 0.2) is 0 Å². The third-order valence-corrected chi connectivity index (χ3v) is 3.77. The molecule has 2 rings (SSSR count). The summed E-state index contributed by atoms with van der Waals surface area (Å²) in [6, 6.07) is 9.42. The lowest BCUT2D eigenvalue weighted by atomic mass is 10.0. The van der Waals surface area contributed by atoms with E-state index in [0.29, 0.717) is 16.3 Å². The molecular formula is C18H19ClN2O. The average molecular weight is 315 g/mol. The second-order valence-electron chi connectivity index (χ2n) is 4.99. The zero-order valence-corrected chi connectivity index (χ0v) is 13.5. The molecule has 0 aliphatic carbocycles. The monoisotopic (exact) mass is 314 g/mol. The maximum Gasteiger partial charge on any atom is 0.124 e. The van der Waals surface area contributed by atoms with E-state index in [1.54, 1.807) is 0 Å². The van der Waals surface area contributed by atoms with Gasteiger partial charge in [0.2, 0.25) is 0 Å². The van der Waals surface area contributed by atoms with Crippen LogP contribution in [0, 0.1) is 0 Å². The molecule has 0 saturated carbocycles. The number of rotatable bonds is 5. The van der Waals surface area contributed by atoms with Crippen molar-refractivity contribution >= 4 is 17.2 Å². The Labute approximate surface area is 135 Å². The van der Waals surface area contributed by atoms with Gasteiger partial charge in [-0.05, 0) is 31.6 Å². The fourth-order valence-electron chi connectivity index (χ4n) is 2.01. The normalized spacial score (nSPS) is 13.0. The van der Waals surface area contributed by atoms with E-state index >= 15 is 0 Å². The molecule has 0 aliphatic heterocycles. The van der Waals surface area contributed by atoms with E-state index in [4.69, 9.17) is 11.6 Å². The molecule has 1 aromatic carbocycles. The number of hydrogen-bond donors (Lipinski definition) is 2. The van der Waals surface area contributed by atoms with Crippen LogP contribution in [0.3, 0.4) is 0 Å². The molecule has 1 heterocycles. The molecule has 1 aromatic heterocycles. The lowest BCUT2D eigenvalue weighted by Crippen LogP contribution is -1.89. The third-order valence-electron chi connectivity index (χ3n) is 3.44. The largest absolute Gasteiger partial charge is 0.507 e. The van der Waals surface area contributed by atoms with Crippen LogP contribution in [0.1, 0.15) is 26.0 Å². The van der Waals surface area contributed by atoms with E-state index < -0.39 is 0 Å². The van der Waals surface area contributed by atoms with E-state index in [-0.39, 0.29) is 5.76 Å². The number of benzene rings is 1. The first-order chi connectivity index (χ1) is 10.6. The maximum absolute atomic E-state index is 10.1. The number of nitrogens with one attached hydrogen (secondary N) is 1. The van der Waals surface area contributed by atoms with Crippen LogP contribution in [-0.2, 0) is 0 Å². The highest BCUT2D eigenvalue weighted by Crippen LogP contribution is 2.29. The van der Waals surface area contributed by atoms with Gasteiger partial charge < -0.3 is 5.11 Å². The molecule has 0 spiro atoms. The van der Waals surface area contributed by atoms with Crippen molar-refractivity contribution in [2.45, 2.75) is 20.3 Å². The smallest absolute Gasteiger partial charge is 0.124 e. The van der Waals surface area contributed by atoms with Gasteiger partial charge in [0.25, 0.3) is 0 Å². The molecule has 114 valence electrons. The second kappa shape index (κ2) is 7.14. The molecule has 22 heavy (non-hydrogen) atoms. The minimum Gasteiger partial charge on any atom is -0.507 e. The molecule has 0 bridgehead atoms. The number of nitrogens with zero attached hydrogens (tertiary/aromatic N) is 1. The van der Waals surface area contributed by atoms with Crippen molar-refractivity contribution in [2.75, 3.05) is 0 Å². The summed E-state index contributed by atoms with van der Waals surface area (Å²) in [7, 11) is 0. The van der Waals surface area contributed by atoms with E-state index in [2.05, 4.69) is 23.7 Å².